The second-order valence-corrected chi connectivity index (χ2v) is 3.56. The molecule has 0 radical (unpaired) electrons. The average molecular weight is 211 g/mol. The normalized spacial score (nSPS) is 10.8. The first-order valence-electron chi connectivity index (χ1n) is 5.07. The molecule has 2 aromatic rings. The molecule has 2 nitrogen and oxygen atoms in total. The SMILES string of the molecule is Nc1cc(C=Cc2ccccc2)ccc1O. The van der Waals surface area contributed by atoms with Crippen molar-refractivity contribution in [2.75, 3.05) is 5.73 Å². The molecule has 0 bridgehead atoms. The lowest BCUT2D eigenvalue weighted by Crippen LogP contribution is -1.85. The predicted molar refractivity (Wildman–Crippen MR) is 67.9 cm³/mol. The minimum atomic E-state index is 0.122. The smallest absolute Gasteiger partial charge is 0.138 e. The quantitative estimate of drug-likeness (QED) is 0.455. The third kappa shape index (κ3) is 2.42. The van der Waals surface area contributed by atoms with Gasteiger partial charge >= 0.3 is 0 Å². The number of benzene rings is 2. The molecule has 0 aliphatic heterocycles. The van der Waals surface area contributed by atoms with Crippen molar-refractivity contribution in [2.24, 2.45) is 0 Å². The standard InChI is InChI=1S/C14H13NO/c15-13-10-12(8-9-14(13)16)7-6-11-4-2-1-3-5-11/h1-10,16H,15H2. The third-order valence-electron chi connectivity index (χ3n) is 2.32. The molecule has 3 N–H and O–H groups in total. The van der Waals surface area contributed by atoms with E-state index in [1.807, 2.05) is 48.6 Å². The van der Waals surface area contributed by atoms with E-state index in [0.717, 1.165) is 11.1 Å². The second-order valence-electron chi connectivity index (χ2n) is 3.56. The fourth-order valence-electron chi connectivity index (χ4n) is 1.43. The Bertz CT molecular complexity index is 503. The highest BCUT2D eigenvalue weighted by molar-refractivity contribution is 5.72. The van der Waals surface area contributed by atoms with Crippen LogP contribution in [-0.4, -0.2) is 5.11 Å². The van der Waals surface area contributed by atoms with Crippen LogP contribution in [-0.2, 0) is 0 Å². The molecule has 2 rings (SSSR count). The van der Waals surface area contributed by atoms with E-state index in [2.05, 4.69) is 0 Å². The molecule has 0 aliphatic carbocycles. The summed E-state index contributed by atoms with van der Waals surface area (Å²) in [7, 11) is 0. The zero-order valence-corrected chi connectivity index (χ0v) is 8.80. The summed E-state index contributed by atoms with van der Waals surface area (Å²) < 4.78 is 0. The number of phenols is 1. The van der Waals surface area contributed by atoms with Gasteiger partial charge in [-0.15, -0.1) is 0 Å². The van der Waals surface area contributed by atoms with E-state index in [9.17, 15) is 5.11 Å². The lowest BCUT2D eigenvalue weighted by molar-refractivity contribution is 0.478. The highest BCUT2D eigenvalue weighted by Gasteiger charge is 1.95. The van der Waals surface area contributed by atoms with Crippen LogP contribution in [0.25, 0.3) is 12.2 Å². The minimum Gasteiger partial charge on any atom is -0.506 e. The fraction of sp³-hybridized carbons (Fsp3) is 0. The van der Waals surface area contributed by atoms with E-state index < -0.39 is 0 Å². The number of hydrogen-bond acceptors (Lipinski definition) is 2. The lowest BCUT2D eigenvalue weighted by atomic mass is 10.1. The molecule has 2 aromatic carbocycles. The number of hydrogen-bond donors (Lipinski definition) is 2. The average Bonchev–Trinajstić information content (AvgIpc) is 2.32. The van der Waals surface area contributed by atoms with E-state index in [0.29, 0.717) is 5.69 Å². The zero-order chi connectivity index (χ0) is 11.4. The fourth-order valence-corrected chi connectivity index (χ4v) is 1.43. The second kappa shape index (κ2) is 4.53. The third-order valence-corrected chi connectivity index (χ3v) is 2.32. The molecule has 0 saturated carbocycles. The van der Waals surface area contributed by atoms with Crippen molar-refractivity contribution in [1.29, 1.82) is 0 Å². The molecule has 0 fully saturated rings. The maximum Gasteiger partial charge on any atom is 0.138 e. The Balaban J connectivity index is 2.21. The summed E-state index contributed by atoms with van der Waals surface area (Å²) >= 11 is 0. The number of rotatable bonds is 2. The minimum absolute atomic E-state index is 0.122. The van der Waals surface area contributed by atoms with Crippen molar-refractivity contribution in [3.05, 3.63) is 59.7 Å². The molecule has 0 aliphatic rings. The molecule has 0 heterocycles. The number of nitrogens with two attached hydrogens (primary N) is 1. The summed E-state index contributed by atoms with van der Waals surface area (Å²) in [4.78, 5) is 0. The predicted octanol–water partition coefficient (Wildman–Crippen LogP) is 3.14. The van der Waals surface area contributed by atoms with Crippen molar-refractivity contribution in [3.8, 4) is 5.75 Å². The highest BCUT2D eigenvalue weighted by atomic mass is 16.3. The molecule has 0 atom stereocenters. The van der Waals surface area contributed by atoms with Crippen molar-refractivity contribution in [3.63, 3.8) is 0 Å². The first-order valence-corrected chi connectivity index (χ1v) is 5.07. The number of nitrogen functional groups attached to an aromatic ring is 1. The molecular formula is C14H13NO. The molecule has 0 spiro atoms. The Morgan fingerprint density at radius 3 is 2.25 bits per heavy atom. The van der Waals surface area contributed by atoms with Gasteiger partial charge in [0.2, 0.25) is 0 Å². The van der Waals surface area contributed by atoms with Crippen LogP contribution in [0.5, 0.6) is 5.75 Å². The van der Waals surface area contributed by atoms with Crippen LogP contribution in [0.2, 0.25) is 0 Å². The van der Waals surface area contributed by atoms with Crippen LogP contribution in [0.15, 0.2) is 48.5 Å². The Kier molecular flexibility index (Phi) is 2.92. The van der Waals surface area contributed by atoms with Crippen LogP contribution in [0.1, 0.15) is 11.1 Å². The van der Waals surface area contributed by atoms with Crippen molar-refractivity contribution in [2.45, 2.75) is 0 Å². The summed E-state index contributed by atoms with van der Waals surface area (Å²) in [5.74, 6) is 0.122. The molecule has 2 heteroatoms. The maximum atomic E-state index is 9.28. The van der Waals surface area contributed by atoms with Gasteiger partial charge in [0.05, 0.1) is 5.69 Å². The number of anilines is 1. The van der Waals surface area contributed by atoms with E-state index in [1.54, 1.807) is 12.1 Å². The van der Waals surface area contributed by atoms with Gasteiger partial charge in [0.25, 0.3) is 0 Å². The summed E-state index contributed by atoms with van der Waals surface area (Å²) in [6, 6.07) is 15.2. The topological polar surface area (TPSA) is 46.2 Å². The van der Waals surface area contributed by atoms with Crippen molar-refractivity contribution >= 4 is 17.8 Å². The Morgan fingerprint density at radius 1 is 0.875 bits per heavy atom. The van der Waals surface area contributed by atoms with Gasteiger partial charge in [0, 0.05) is 0 Å². The van der Waals surface area contributed by atoms with Gasteiger partial charge in [0.15, 0.2) is 0 Å². The van der Waals surface area contributed by atoms with Crippen molar-refractivity contribution in [1.82, 2.24) is 0 Å². The molecule has 0 saturated heterocycles. The van der Waals surface area contributed by atoms with Gasteiger partial charge in [-0.3, -0.25) is 0 Å². The molecule has 16 heavy (non-hydrogen) atoms. The first-order chi connectivity index (χ1) is 7.75. The zero-order valence-electron chi connectivity index (χ0n) is 8.80. The number of aromatic hydroxyl groups is 1. The molecular weight excluding hydrogens is 198 g/mol. The largest absolute Gasteiger partial charge is 0.506 e. The maximum absolute atomic E-state index is 9.28. The van der Waals surface area contributed by atoms with Gasteiger partial charge in [-0.1, -0.05) is 48.6 Å². The van der Waals surface area contributed by atoms with Gasteiger partial charge in [-0.25, -0.2) is 0 Å². The summed E-state index contributed by atoms with van der Waals surface area (Å²) in [6.45, 7) is 0. The summed E-state index contributed by atoms with van der Waals surface area (Å²) in [6.07, 6.45) is 3.97. The first kappa shape index (κ1) is 10.3. The Hall–Kier alpha value is -2.22. The van der Waals surface area contributed by atoms with Crippen LogP contribution < -0.4 is 5.73 Å². The van der Waals surface area contributed by atoms with Crippen LogP contribution in [0.3, 0.4) is 0 Å². The number of phenolic OH excluding ortho intramolecular Hbond substituents is 1. The summed E-state index contributed by atoms with van der Waals surface area (Å²) in [5.41, 5.74) is 8.11. The van der Waals surface area contributed by atoms with E-state index in [-0.39, 0.29) is 5.75 Å². The molecule has 80 valence electrons. The van der Waals surface area contributed by atoms with Crippen LogP contribution in [0, 0.1) is 0 Å². The van der Waals surface area contributed by atoms with Crippen LogP contribution >= 0.6 is 0 Å². The van der Waals surface area contributed by atoms with E-state index in [1.165, 1.54) is 0 Å². The van der Waals surface area contributed by atoms with Gasteiger partial charge in [0.1, 0.15) is 5.75 Å². The van der Waals surface area contributed by atoms with Crippen LogP contribution in [0.4, 0.5) is 5.69 Å². The molecule has 0 unspecified atom stereocenters. The monoisotopic (exact) mass is 211 g/mol. The molecule has 0 aromatic heterocycles. The van der Waals surface area contributed by atoms with E-state index >= 15 is 0 Å². The Morgan fingerprint density at radius 2 is 1.56 bits per heavy atom. The Labute approximate surface area is 94.7 Å². The summed E-state index contributed by atoms with van der Waals surface area (Å²) in [5, 5.41) is 9.28. The van der Waals surface area contributed by atoms with Gasteiger partial charge in [-0.05, 0) is 23.3 Å². The van der Waals surface area contributed by atoms with Gasteiger partial charge in [-0.2, -0.15) is 0 Å². The van der Waals surface area contributed by atoms with Crippen molar-refractivity contribution < 1.29 is 5.11 Å². The molecule has 0 amide bonds. The van der Waals surface area contributed by atoms with Gasteiger partial charge < -0.3 is 10.8 Å². The van der Waals surface area contributed by atoms with E-state index in [4.69, 9.17) is 5.73 Å². The highest BCUT2D eigenvalue weighted by Crippen LogP contribution is 2.21. The lowest BCUT2D eigenvalue weighted by Gasteiger charge is -1.99.